The Morgan fingerprint density at radius 1 is 1.19 bits per heavy atom. The maximum atomic E-state index is 9.75. The quantitative estimate of drug-likeness (QED) is 0.830. The Kier molecular flexibility index (Phi) is 4.97. The molecule has 0 radical (unpaired) electrons. The molecule has 0 heterocycles. The molecule has 0 fully saturated rings. The molecule has 0 aliphatic heterocycles. The van der Waals surface area contributed by atoms with Crippen LogP contribution in [0.3, 0.4) is 0 Å². The summed E-state index contributed by atoms with van der Waals surface area (Å²) in [5.74, 6) is 0. The summed E-state index contributed by atoms with van der Waals surface area (Å²) in [4.78, 5) is 0. The van der Waals surface area contributed by atoms with E-state index in [-0.39, 0.29) is 11.7 Å². The molecule has 1 atom stereocenters. The summed E-state index contributed by atoms with van der Waals surface area (Å²) < 4.78 is 5.53. The van der Waals surface area contributed by atoms with Gasteiger partial charge in [0.15, 0.2) is 0 Å². The number of hydrogen-bond donors (Lipinski definition) is 1. The summed E-state index contributed by atoms with van der Waals surface area (Å²) in [6.07, 6.45) is 1.27. The Bertz CT molecular complexity index is 287. The van der Waals surface area contributed by atoms with E-state index in [1.165, 1.54) is 5.56 Å². The summed E-state index contributed by atoms with van der Waals surface area (Å²) in [6, 6.07) is 10.2. The van der Waals surface area contributed by atoms with Crippen LogP contribution in [0.5, 0.6) is 0 Å². The normalized spacial score (nSPS) is 13.8. The molecule has 1 aromatic carbocycles. The van der Waals surface area contributed by atoms with E-state index < -0.39 is 0 Å². The molecule has 0 bridgehead atoms. The fraction of sp³-hybridized carbons (Fsp3) is 0.571. The van der Waals surface area contributed by atoms with Crippen molar-refractivity contribution in [2.75, 3.05) is 6.61 Å². The van der Waals surface area contributed by atoms with Crippen LogP contribution in [0.25, 0.3) is 0 Å². The van der Waals surface area contributed by atoms with E-state index in [0.29, 0.717) is 6.61 Å². The van der Waals surface area contributed by atoms with Crippen molar-refractivity contribution in [1.29, 1.82) is 0 Å². The van der Waals surface area contributed by atoms with Crippen LogP contribution in [-0.4, -0.2) is 23.4 Å². The van der Waals surface area contributed by atoms with Crippen LogP contribution in [0.1, 0.15) is 32.8 Å². The highest BCUT2D eigenvalue weighted by atomic mass is 16.5. The average Bonchev–Trinajstić information content (AvgIpc) is 2.24. The second kappa shape index (κ2) is 6.02. The molecule has 0 saturated carbocycles. The highest BCUT2D eigenvalue weighted by Crippen LogP contribution is 2.10. The number of aliphatic hydroxyl groups excluding tert-OH is 1. The number of benzene rings is 1. The van der Waals surface area contributed by atoms with Crippen molar-refractivity contribution in [2.24, 2.45) is 0 Å². The molecule has 0 aliphatic carbocycles. The average molecular weight is 222 g/mol. The maximum Gasteiger partial charge on any atom is 0.0777 e. The zero-order valence-electron chi connectivity index (χ0n) is 10.4. The van der Waals surface area contributed by atoms with E-state index >= 15 is 0 Å². The molecule has 2 nitrogen and oxygen atoms in total. The standard InChI is InChI=1S/C14H22O2/c1-14(2,3)16-11-13(15)10-9-12-7-5-4-6-8-12/h4-8,13,15H,9-11H2,1-3H3. The van der Waals surface area contributed by atoms with Gasteiger partial charge in [0.1, 0.15) is 0 Å². The number of hydrogen-bond acceptors (Lipinski definition) is 2. The largest absolute Gasteiger partial charge is 0.391 e. The predicted octanol–water partition coefficient (Wildman–Crippen LogP) is 2.80. The zero-order valence-corrected chi connectivity index (χ0v) is 10.4. The summed E-state index contributed by atoms with van der Waals surface area (Å²) in [7, 11) is 0. The topological polar surface area (TPSA) is 29.5 Å². The monoisotopic (exact) mass is 222 g/mol. The summed E-state index contributed by atoms with van der Waals surface area (Å²) in [5, 5.41) is 9.75. The van der Waals surface area contributed by atoms with E-state index in [1.54, 1.807) is 0 Å². The van der Waals surface area contributed by atoms with Crippen molar-refractivity contribution in [1.82, 2.24) is 0 Å². The maximum absolute atomic E-state index is 9.75. The van der Waals surface area contributed by atoms with Crippen molar-refractivity contribution in [3.63, 3.8) is 0 Å². The van der Waals surface area contributed by atoms with Gasteiger partial charge in [-0.1, -0.05) is 30.3 Å². The molecule has 1 N–H and O–H groups in total. The van der Waals surface area contributed by atoms with Gasteiger partial charge >= 0.3 is 0 Å². The summed E-state index contributed by atoms with van der Waals surface area (Å²) in [6.45, 7) is 6.40. The van der Waals surface area contributed by atoms with E-state index in [2.05, 4.69) is 12.1 Å². The second-order valence-corrected chi connectivity index (χ2v) is 5.10. The minimum atomic E-state index is -0.376. The minimum absolute atomic E-state index is 0.173. The van der Waals surface area contributed by atoms with E-state index in [9.17, 15) is 5.11 Å². The lowest BCUT2D eigenvalue weighted by molar-refractivity contribution is -0.0503. The lowest BCUT2D eigenvalue weighted by Crippen LogP contribution is -2.26. The van der Waals surface area contributed by atoms with Crippen LogP contribution in [-0.2, 0) is 11.2 Å². The number of aryl methyl sites for hydroxylation is 1. The molecule has 0 saturated heterocycles. The van der Waals surface area contributed by atoms with Crippen molar-refractivity contribution < 1.29 is 9.84 Å². The third-order valence-electron chi connectivity index (χ3n) is 2.32. The molecule has 90 valence electrons. The third-order valence-corrected chi connectivity index (χ3v) is 2.32. The molecular weight excluding hydrogens is 200 g/mol. The molecular formula is C14H22O2. The number of aliphatic hydroxyl groups is 1. The Morgan fingerprint density at radius 3 is 2.38 bits per heavy atom. The van der Waals surface area contributed by atoms with Gasteiger partial charge in [-0.15, -0.1) is 0 Å². The van der Waals surface area contributed by atoms with Gasteiger partial charge in [0.05, 0.1) is 18.3 Å². The van der Waals surface area contributed by atoms with Crippen molar-refractivity contribution in [2.45, 2.75) is 45.3 Å². The van der Waals surface area contributed by atoms with E-state index in [4.69, 9.17) is 4.74 Å². The first kappa shape index (κ1) is 13.2. The van der Waals surface area contributed by atoms with Crippen LogP contribution in [0.15, 0.2) is 30.3 Å². The third kappa shape index (κ3) is 5.89. The van der Waals surface area contributed by atoms with Gasteiger partial charge in [-0.25, -0.2) is 0 Å². The molecule has 16 heavy (non-hydrogen) atoms. The molecule has 1 rings (SSSR count). The van der Waals surface area contributed by atoms with Gasteiger partial charge < -0.3 is 9.84 Å². The summed E-state index contributed by atoms with van der Waals surface area (Å²) >= 11 is 0. The molecule has 1 unspecified atom stereocenters. The highest BCUT2D eigenvalue weighted by molar-refractivity contribution is 5.14. The van der Waals surface area contributed by atoms with Gasteiger partial charge in [-0.2, -0.15) is 0 Å². The Labute approximate surface area is 98.3 Å². The van der Waals surface area contributed by atoms with Crippen molar-refractivity contribution in [3.05, 3.63) is 35.9 Å². The lowest BCUT2D eigenvalue weighted by atomic mass is 10.1. The second-order valence-electron chi connectivity index (χ2n) is 5.10. The fourth-order valence-electron chi connectivity index (χ4n) is 1.41. The van der Waals surface area contributed by atoms with Gasteiger partial charge in [-0.3, -0.25) is 0 Å². The first-order valence-corrected chi connectivity index (χ1v) is 5.83. The Morgan fingerprint density at radius 2 is 1.81 bits per heavy atom. The van der Waals surface area contributed by atoms with Gasteiger partial charge in [-0.05, 0) is 39.2 Å². The Hall–Kier alpha value is -0.860. The first-order valence-electron chi connectivity index (χ1n) is 5.83. The minimum Gasteiger partial charge on any atom is -0.391 e. The fourth-order valence-corrected chi connectivity index (χ4v) is 1.41. The van der Waals surface area contributed by atoms with Gasteiger partial charge in [0, 0.05) is 0 Å². The van der Waals surface area contributed by atoms with Crippen LogP contribution in [0.4, 0.5) is 0 Å². The lowest BCUT2D eigenvalue weighted by Gasteiger charge is -2.21. The number of rotatable bonds is 5. The molecule has 0 spiro atoms. The van der Waals surface area contributed by atoms with Gasteiger partial charge in [0.25, 0.3) is 0 Å². The molecule has 0 aromatic heterocycles. The SMILES string of the molecule is CC(C)(C)OCC(O)CCc1ccccc1. The summed E-state index contributed by atoms with van der Waals surface area (Å²) in [5.41, 5.74) is 1.09. The molecule has 2 heteroatoms. The molecule has 0 aliphatic rings. The van der Waals surface area contributed by atoms with Crippen molar-refractivity contribution in [3.8, 4) is 0 Å². The number of ether oxygens (including phenoxy) is 1. The molecule has 0 amide bonds. The predicted molar refractivity (Wildman–Crippen MR) is 66.5 cm³/mol. The highest BCUT2D eigenvalue weighted by Gasteiger charge is 2.13. The first-order chi connectivity index (χ1) is 7.47. The molecule has 1 aromatic rings. The van der Waals surface area contributed by atoms with Crippen LogP contribution >= 0.6 is 0 Å². The van der Waals surface area contributed by atoms with Crippen molar-refractivity contribution >= 4 is 0 Å². The van der Waals surface area contributed by atoms with Gasteiger partial charge in [0.2, 0.25) is 0 Å². The van der Waals surface area contributed by atoms with E-state index in [1.807, 2.05) is 39.0 Å². The van der Waals surface area contributed by atoms with E-state index in [0.717, 1.165) is 12.8 Å². The smallest absolute Gasteiger partial charge is 0.0777 e. The van der Waals surface area contributed by atoms with Crippen LogP contribution in [0, 0.1) is 0 Å². The van der Waals surface area contributed by atoms with Crippen LogP contribution < -0.4 is 0 Å². The Balaban J connectivity index is 2.23. The zero-order chi connectivity index (χ0) is 12.0. The van der Waals surface area contributed by atoms with Crippen LogP contribution in [0.2, 0.25) is 0 Å².